The molecule has 0 N–H and O–H groups in total. The molecule has 1 aliphatic heterocycles. The van der Waals surface area contributed by atoms with Crippen LogP contribution in [0.15, 0.2) is 0 Å². The van der Waals surface area contributed by atoms with Crippen molar-refractivity contribution in [1.29, 1.82) is 0 Å². The third kappa shape index (κ3) is 5.12. The first-order valence-corrected chi connectivity index (χ1v) is 17.0. The lowest BCUT2D eigenvalue weighted by atomic mass is 10.0. The monoisotopic (exact) mass is 316 g/mol. The zero-order chi connectivity index (χ0) is 14.6. The van der Waals surface area contributed by atoms with E-state index in [-0.39, 0.29) is 18.4 Å². The van der Waals surface area contributed by atoms with Gasteiger partial charge in [-0.25, -0.2) is 0 Å². The van der Waals surface area contributed by atoms with E-state index >= 15 is 0 Å². The van der Waals surface area contributed by atoms with E-state index in [0.717, 1.165) is 18.1 Å². The van der Waals surface area contributed by atoms with Crippen molar-refractivity contribution in [3.8, 4) is 0 Å². The molecule has 3 unspecified atom stereocenters. The Kier molecular flexibility index (Phi) is 7.00. The molecule has 0 saturated carbocycles. The second kappa shape index (κ2) is 7.54. The number of rotatable bonds is 6. The number of hydrogen-bond donors (Lipinski definition) is 0. The zero-order valence-electron chi connectivity index (χ0n) is 14.4. The van der Waals surface area contributed by atoms with Crippen molar-refractivity contribution in [1.82, 2.24) is 8.80 Å². The van der Waals surface area contributed by atoms with E-state index in [1.807, 2.05) is 0 Å². The van der Waals surface area contributed by atoms with E-state index in [2.05, 4.69) is 56.1 Å². The van der Waals surface area contributed by atoms with Crippen LogP contribution in [0.5, 0.6) is 0 Å². The van der Waals surface area contributed by atoms with E-state index < -0.39 is 8.24 Å². The molecule has 2 nitrogen and oxygen atoms in total. The summed E-state index contributed by atoms with van der Waals surface area (Å²) in [6, 6.07) is 2.59. The fraction of sp³-hybridized carbons (Fsp3) is 1.00. The van der Waals surface area contributed by atoms with Gasteiger partial charge in [-0.15, -0.1) is 0 Å². The molecule has 19 heavy (non-hydrogen) atoms. The summed E-state index contributed by atoms with van der Waals surface area (Å²) in [5.41, 5.74) is 0. The van der Waals surface area contributed by atoms with Gasteiger partial charge < -0.3 is 8.80 Å². The predicted molar refractivity (Wildman–Crippen MR) is 96.6 cm³/mol. The molecule has 0 bridgehead atoms. The average molecular weight is 317 g/mol. The van der Waals surface area contributed by atoms with E-state index in [1.54, 1.807) is 0 Å². The van der Waals surface area contributed by atoms with E-state index in [4.69, 9.17) is 0 Å². The summed E-state index contributed by atoms with van der Waals surface area (Å²) in [4.78, 5) is 0. The van der Waals surface area contributed by atoms with Crippen LogP contribution in [0.3, 0.4) is 0 Å². The van der Waals surface area contributed by atoms with Crippen molar-refractivity contribution in [2.75, 3.05) is 0 Å². The fourth-order valence-electron chi connectivity index (χ4n) is 3.58. The normalized spacial score (nSPS) is 29.1. The van der Waals surface area contributed by atoms with Crippen molar-refractivity contribution in [3.63, 3.8) is 0 Å². The molecule has 0 aromatic rings. The molecule has 0 aliphatic carbocycles. The lowest BCUT2D eigenvalue weighted by molar-refractivity contribution is 0.209. The first kappa shape index (κ1) is 17.6. The highest BCUT2D eigenvalue weighted by atomic mass is 29.2. The highest BCUT2D eigenvalue weighted by Gasteiger charge is 2.30. The van der Waals surface area contributed by atoms with Gasteiger partial charge in [0.2, 0.25) is 0 Å². The second-order valence-corrected chi connectivity index (χ2v) is 18.0. The minimum absolute atomic E-state index is 0.0141. The standard InChI is InChI=1S/C14H36N2Si3/c1-8-12(2)16(19(5,6)7)18-17-15-13(3)10-9-11-14(15)4/h12-14H,8-11,17-18H2,1-7H3. The topological polar surface area (TPSA) is 6.48 Å². The molecule has 1 aliphatic rings. The summed E-state index contributed by atoms with van der Waals surface area (Å²) < 4.78 is 5.97. The smallest absolute Gasteiger partial charge is 0.112 e. The van der Waals surface area contributed by atoms with Gasteiger partial charge in [0.15, 0.2) is 0 Å². The van der Waals surface area contributed by atoms with Crippen molar-refractivity contribution in [2.24, 2.45) is 0 Å². The van der Waals surface area contributed by atoms with Gasteiger partial charge in [0, 0.05) is 0 Å². The molecule has 1 saturated heterocycles. The average Bonchev–Trinajstić information content (AvgIpc) is 2.30. The molecule has 0 aromatic heterocycles. The zero-order valence-corrected chi connectivity index (χ0v) is 18.2. The molecular weight excluding hydrogens is 280 g/mol. The Morgan fingerprint density at radius 2 is 1.74 bits per heavy atom. The van der Waals surface area contributed by atoms with Crippen molar-refractivity contribution >= 4 is 26.6 Å². The Balaban J connectivity index is 2.60. The Bertz CT molecular complexity index is 258. The SMILES string of the molecule is CCC(C)N([SiH2][SiH2]N1C(C)CCCC1C)[Si](C)(C)C. The van der Waals surface area contributed by atoms with Crippen LogP contribution < -0.4 is 0 Å². The van der Waals surface area contributed by atoms with Crippen LogP contribution in [0.2, 0.25) is 19.6 Å². The van der Waals surface area contributed by atoms with E-state index in [0.29, 0.717) is 0 Å². The first-order chi connectivity index (χ1) is 8.77. The van der Waals surface area contributed by atoms with Crippen LogP contribution in [-0.2, 0) is 0 Å². The molecule has 0 radical (unpaired) electrons. The molecule has 1 heterocycles. The Labute approximate surface area is 127 Å². The molecule has 114 valence electrons. The fourth-order valence-corrected chi connectivity index (χ4v) is 22.4. The van der Waals surface area contributed by atoms with Crippen LogP contribution in [0.25, 0.3) is 0 Å². The summed E-state index contributed by atoms with van der Waals surface area (Å²) in [6.07, 6.45) is 5.68. The highest BCUT2D eigenvalue weighted by molar-refractivity contribution is 7.02. The highest BCUT2D eigenvalue weighted by Crippen LogP contribution is 2.22. The van der Waals surface area contributed by atoms with Crippen LogP contribution >= 0.6 is 0 Å². The van der Waals surface area contributed by atoms with Crippen molar-refractivity contribution in [3.05, 3.63) is 0 Å². The van der Waals surface area contributed by atoms with Crippen molar-refractivity contribution < 1.29 is 0 Å². The summed E-state index contributed by atoms with van der Waals surface area (Å²) in [6.45, 7) is 17.4. The predicted octanol–water partition coefficient (Wildman–Crippen LogP) is 2.27. The minimum Gasteiger partial charge on any atom is -0.349 e. The maximum atomic E-state index is 3.02. The second-order valence-electron chi connectivity index (χ2n) is 7.49. The third-order valence-electron chi connectivity index (χ3n) is 4.96. The molecule has 1 fully saturated rings. The first-order valence-electron chi connectivity index (χ1n) is 8.29. The molecule has 0 amide bonds. The van der Waals surface area contributed by atoms with Gasteiger partial charge in [0.1, 0.15) is 8.24 Å². The Morgan fingerprint density at radius 3 is 2.16 bits per heavy atom. The lowest BCUT2D eigenvalue weighted by Crippen LogP contribution is -2.58. The van der Waals surface area contributed by atoms with Gasteiger partial charge in [-0.3, -0.25) is 0 Å². The number of piperidine rings is 1. The molecule has 3 atom stereocenters. The van der Waals surface area contributed by atoms with Crippen LogP contribution in [0, 0.1) is 0 Å². The van der Waals surface area contributed by atoms with Crippen LogP contribution in [0.4, 0.5) is 0 Å². The van der Waals surface area contributed by atoms with Gasteiger partial charge in [0.25, 0.3) is 0 Å². The lowest BCUT2D eigenvalue weighted by Gasteiger charge is -2.44. The van der Waals surface area contributed by atoms with E-state index in [9.17, 15) is 0 Å². The molecule has 0 aromatic carbocycles. The van der Waals surface area contributed by atoms with Gasteiger partial charge in [-0.2, -0.15) is 0 Å². The Morgan fingerprint density at radius 1 is 1.21 bits per heavy atom. The summed E-state index contributed by atoms with van der Waals surface area (Å²) in [5.74, 6) is 0. The third-order valence-corrected chi connectivity index (χ3v) is 18.6. The number of nitrogens with zero attached hydrogens (tertiary/aromatic N) is 2. The molecular formula is C14H36N2Si3. The maximum Gasteiger partial charge on any atom is 0.112 e. The number of hydrogen-bond acceptors (Lipinski definition) is 2. The van der Waals surface area contributed by atoms with Crippen LogP contribution in [-0.4, -0.2) is 53.6 Å². The van der Waals surface area contributed by atoms with Crippen LogP contribution in [0.1, 0.15) is 53.4 Å². The Hall–Kier alpha value is 0.571. The molecule has 1 rings (SSSR count). The quantitative estimate of drug-likeness (QED) is 0.694. The largest absolute Gasteiger partial charge is 0.349 e. The van der Waals surface area contributed by atoms with E-state index in [1.165, 1.54) is 25.7 Å². The maximum absolute atomic E-state index is 3.02. The van der Waals surface area contributed by atoms with Gasteiger partial charge in [0.05, 0.1) is 18.4 Å². The summed E-state index contributed by atoms with van der Waals surface area (Å²) >= 11 is 0. The van der Waals surface area contributed by atoms with Crippen molar-refractivity contribution in [2.45, 2.75) is 91.1 Å². The molecule has 0 spiro atoms. The summed E-state index contributed by atoms with van der Waals surface area (Å²) in [5, 5.41) is 0. The van der Waals surface area contributed by atoms with Gasteiger partial charge in [-0.1, -0.05) is 53.8 Å². The van der Waals surface area contributed by atoms with Gasteiger partial charge in [-0.05, 0) is 37.4 Å². The molecule has 5 heteroatoms. The van der Waals surface area contributed by atoms with Gasteiger partial charge >= 0.3 is 0 Å². The minimum atomic E-state index is -1.10. The summed E-state index contributed by atoms with van der Waals surface area (Å²) in [7, 11) is -1.06.